The first-order valence-electron chi connectivity index (χ1n) is 8.97. The first kappa shape index (κ1) is 17.9. The molecule has 0 N–H and O–H groups in total. The molecule has 134 valence electrons. The Bertz CT molecular complexity index is 670. The quantitative estimate of drug-likeness (QED) is 0.586. The monoisotopic (exact) mass is 342 g/mol. The molecule has 1 spiro atoms. The van der Waals surface area contributed by atoms with Gasteiger partial charge in [-0.15, -0.1) is 0 Å². The summed E-state index contributed by atoms with van der Waals surface area (Å²) in [7, 11) is 3.47. The minimum atomic E-state index is -0.0121. The molecule has 0 heterocycles. The van der Waals surface area contributed by atoms with Gasteiger partial charge in [0.15, 0.2) is 0 Å². The highest BCUT2D eigenvalue weighted by Gasteiger charge is 2.45. The second kappa shape index (κ2) is 7.99. The van der Waals surface area contributed by atoms with Crippen molar-refractivity contribution < 1.29 is 14.2 Å². The van der Waals surface area contributed by atoms with E-state index in [9.17, 15) is 5.26 Å². The molecule has 0 atom stereocenters. The van der Waals surface area contributed by atoms with E-state index >= 15 is 0 Å². The Hall–Kier alpha value is -1.90. The fourth-order valence-corrected chi connectivity index (χ4v) is 4.17. The van der Waals surface area contributed by atoms with Crippen molar-refractivity contribution >= 4 is 5.71 Å². The molecule has 0 radical (unpaired) electrons. The smallest absolute Gasteiger partial charge is 0.205 e. The van der Waals surface area contributed by atoms with E-state index in [1.807, 2.05) is 12.3 Å². The summed E-state index contributed by atoms with van der Waals surface area (Å²) >= 11 is 0. The molecule has 2 aliphatic rings. The van der Waals surface area contributed by atoms with Crippen LogP contribution >= 0.6 is 0 Å². The van der Waals surface area contributed by atoms with Gasteiger partial charge >= 0.3 is 0 Å². The molecule has 0 aliphatic heterocycles. The Labute approximate surface area is 149 Å². The SMILES string of the molecule is COCCCOc1ccc2c(c1)/C(=N\C#N)[C@]1(CC[C@H](OC)CC1)C2. The number of benzene rings is 1. The van der Waals surface area contributed by atoms with Crippen LogP contribution in [0.25, 0.3) is 0 Å². The summed E-state index contributed by atoms with van der Waals surface area (Å²) in [6.45, 7) is 1.31. The molecule has 1 aromatic rings. The summed E-state index contributed by atoms with van der Waals surface area (Å²) < 4.78 is 16.4. The number of nitrogens with zero attached hydrogens (tertiary/aromatic N) is 2. The first-order chi connectivity index (χ1) is 12.2. The van der Waals surface area contributed by atoms with Crippen molar-refractivity contribution in [3.8, 4) is 11.9 Å². The number of nitriles is 1. The third kappa shape index (κ3) is 3.70. The maximum atomic E-state index is 9.23. The third-order valence-electron chi connectivity index (χ3n) is 5.51. The van der Waals surface area contributed by atoms with Crippen LogP contribution in [0.5, 0.6) is 5.75 Å². The highest BCUT2D eigenvalue weighted by atomic mass is 16.5. The molecular weight excluding hydrogens is 316 g/mol. The van der Waals surface area contributed by atoms with Gasteiger partial charge in [-0.25, -0.2) is 0 Å². The second-order valence-corrected chi connectivity index (χ2v) is 6.97. The van der Waals surface area contributed by atoms with E-state index in [2.05, 4.69) is 17.1 Å². The van der Waals surface area contributed by atoms with Crippen LogP contribution in [0.2, 0.25) is 0 Å². The molecule has 0 unspecified atom stereocenters. The zero-order valence-corrected chi connectivity index (χ0v) is 15.1. The number of aliphatic imine (C=N–C) groups is 1. The minimum absolute atomic E-state index is 0.0121. The summed E-state index contributed by atoms with van der Waals surface area (Å²) in [5, 5.41) is 9.23. The van der Waals surface area contributed by atoms with Gasteiger partial charge in [-0.05, 0) is 49.8 Å². The standard InChI is InChI=1S/C20H26N2O3/c1-23-10-3-11-25-17-5-4-15-13-20(8-6-16(24-2)7-9-20)19(22-14-21)18(15)12-17/h4-5,12,16H,3,6-11,13H2,1-2H3/b22-19+/t16-,20-. The molecule has 25 heavy (non-hydrogen) atoms. The molecule has 1 aromatic carbocycles. The first-order valence-corrected chi connectivity index (χ1v) is 8.97. The fraction of sp³-hybridized carbons (Fsp3) is 0.600. The Morgan fingerprint density at radius 3 is 2.72 bits per heavy atom. The lowest BCUT2D eigenvalue weighted by atomic mass is 9.70. The minimum Gasteiger partial charge on any atom is -0.493 e. The molecule has 0 aromatic heterocycles. The molecule has 0 amide bonds. The number of hydrogen-bond acceptors (Lipinski definition) is 5. The maximum absolute atomic E-state index is 9.23. The van der Waals surface area contributed by atoms with Gasteiger partial charge in [0.25, 0.3) is 0 Å². The van der Waals surface area contributed by atoms with Crippen LogP contribution in [0.1, 0.15) is 43.2 Å². The third-order valence-corrected chi connectivity index (χ3v) is 5.51. The van der Waals surface area contributed by atoms with Crippen molar-refractivity contribution in [2.75, 3.05) is 27.4 Å². The van der Waals surface area contributed by atoms with Crippen molar-refractivity contribution in [3.05, 3.63) is 29.3 Å². The maximum Gasteiger partial charge on any atom is 0.205 e. The molecule has 0 saturated heterocycles. The average molecular weight is 342 g/mol. The highest BCUT2D eigenvalue weighted by molar-refractivity contribution is 6.09. The van der Waals surface area contributed by atoms with Crippen LogP contribution in [0.4, 0.5) is 0 Å². The van der Waals surface area contributed by atoms with Crippen molar-refractivity contribution in [1.29, 1.82) is 5.26 Å². The van der Waals surface area contributed by atoms with Crippen molar-refractivity contribution in [2.45, 2.75) is 44.6 Å². The second-order valence-electron chi connectivity index (χ2n) is 6.97. The summed E-state index contributed by atoms with van der Waals surface area (Å²) in [4.78, 5) is 4.25. The van der Waals surface area contributed by atoms with E-state index < -0.39 is 0 Å². The van der Waals surface area contributed by atoms with E-state index in [1.54, 1.807) is 14.2 Å². The molecule has 5 nitrogen and oxygen atoms in total. The molecule has 1 fully saturated rings. The van der Waals surface area contributed by atoms with Crippen LogP contribution in [0.3, 0.4) is 0 Å². The van der Waals surface area contributed by atoms with Crippen molar-refractivity contribution in [3.63, 3.8) is 0 Å². The molecule has 0 bridgehead atoms. The predicted molar refractivity (Wildman–Crippen MR) is 96.0 cm³/mol. The molecular formula is C20H26N2O3. The van der Waals surface area contributed by atoms with Gasteiger partial charge in [-0.3, -0.25) is 0 Å². The van der Waals surface area contributed by atoms with Gasteiger partial charge in [0.05, 0.1) is 18.4 Å². The van der Waals surface area contributed by atoms with E-state index in [-0.39, 0.29) is 5.41 Å². The van der Waals surface area contributed by atoms with Gasteiger partial charge in [0.2, 0.25) is 6.19 Å². The van der Waals surface area contributed by atoms with E-state index in [0.717, 1.165) is 55.5 Å². The predicted octanol–water partition coefficient (Wildman–Crippen LogP) is 3.50. The number of ether oxygens (including phenoxy) is 3. The number of methoxy groups -OCH3 is 2. The summed E-state index contributed by atoms with van der Waals surface area (Å²) in [6.07, 6.45) is 8.26. The summed E-state index contributed by atoms with van der Waals surface area (Å²) in [5.41, 5.74) is 3.29. The molecule has 3 rings (SSSR count). The normalized spacial score (nSPS) is 26.6. The average Bonchev–Trinajstić information content (AvgIpc) is 2.93. The van der Waals surface area contributed by atoms with Gasteiger partial charge in [0, 0.05) is 38.2 Å². The molecule has 5 heteroatoms. The van der Waals surface area contributed by atoms with Crippen LogP contribution in [0, 0.1) is 16.9 Å². The Morgan fingerprint density at radius 1 is 1.24 bits per heavy atom. The van der Waals surface area contributed by atoms with Crippen LogP contribution in [-0.4, -0.2) is 39.2 Å². The van der Waals surface area contributed by atoms with Gasteiger partial charge in [0.1, 0.15) is 5.75 Å². The van der Waals surface area contributed by atoms with Gasteiger partial charge in [-0.1, -0.05) is 6.07 Å². The lowest BCUT2D eigenvalue weighted by Crippen LogP contribution is -2.35. The Morgan fingerprint density at radius 2 is 2.04 bits per heavy atom. The fourth-order valence-electron chi connectivity index (χ4n) is 4.17. The molecule has 1 saturated carbocycles. The summed E-state index contributed by atoms with van der Waals surface area (Å²) in [5.74, 6) is 0.836. The van der Waals surface area contributed by atoms with Gasteiger partial charge in [-0.2, -0.15) is 10.3 Å². The number of fused-ring (bicyclic) bond motifs is 1. The van der Waals surface area contributed by atoms with Crippen LogP contribution in [-0.2, 0) is 15.9 Å². The number of hydrogen-bond donors (Lipinski definition) is 0. The van der Waals surface area contributed by atoms with Gasteiger partial charge < -0.3 is 14.2 Å². The zero-order chi connectivity index (χ0) is 17.7. The van der Waals surface area contributed by atoms with E-state index in [4.69, 9.17) is 14.2 Å². The topological polar surface area (TPSA) is 63.8 Å². The lowest BCUT2D eigenvalue weighted by molar-refractivity contribution is 0.0468. The Kier molecular flexibility index (Phi) is 5.72. The van der Waals surface area contributed by atoms with Crippen molar-refractivity contribution in [1.82, 2.24) is 0 Å². The zero-order valence-electron chi connectivity index (χ0n) is 15.1. The van der Waals surface area contributed by atoms with E-state index in [1.165, 1.54) is 5.56 Å². The lowest BCUT2D eigenvalue weighted by Gasteiger charge is -2.36. The number of rotatable bonds is 6. The highest BCUT2D eigenvalue weighted by Crippen LogP contribution is 2.48. The van der Waals surface area contributed by atoms with Crippen LogP contribution in [0.15, 0.2) is 23.2 Å². The Balaban J connectivity index is 1.80. The largest absolute Gasteiger partial charge is 0.493 e. The summed E-state index contributed by atoms with van der Waals surface area (Å²) in [6, 6.07) is 6.20. The molecule has 2 aliphatic carbocycles. The van der Waals surface area contributed by atoms with E-state index in [0.29, 0.717) is 19.3 Å². The van der Waals surface area contributed by atoms with Crippen molar-refractivity contribution in [2.24, 2.45) is 10.4 Å². The van der Waals surface area contributed by atoms with Crippen LogP contribution < -0.4 is 4.74 Å².